The molecular formula is C22H24N2O9S. The fraction of sp³-hybridized carbons (Fsp3) is 0.318. The van der Waals surface area contributed by atoms with Crippen LogP contribution in [0.25, 0.3) is 0 Å². The van der Waals surface area contributed by atoms with E-state index in [1.807, 2.05) is 0 Å². The molecule has 0 unspecified atom stereocenters. The molecule has 1 aliphatic heterocycles. The third kappa shape index (κ3) is 5.39. The Balaban J connectivity index is 1.93. The monoisotopic (exact) mass is 492 g/mol. The van der Waals surface area contributed by atoms with Crippen molar-refractivity contribution in [2.45, 2.75) is 13.0 Å². The van der Waals surface area contributed by atoms with E-state index >= 15 is 0 Å². The Morgan fingerprint density at radius 2 is 1.50 bits per heavy atom. The number of amides is 1. The van der Waals surface area contributed by atoms with Gasteiger partial charge in [-0.1, -0.05) is 0 Å². The molecule has 182 valence electrons. The number of anilines is 2. The van der Waals surface area contributed by atoms with Crippen molar-refractivity contribution in [2.24, 2.45) is 0 Å². The molecule has 0 aromatic heterocycles. The highest BCUT2D eigenvalue weighted by Gasteiger charge is 2.30. The highest BCUT2D eigenvalue weighted by atomic mass is 32.2. The lowest BCUT2D eigenvalue weighted by Gasteiger charge is -2.29. The van der Waals surface area contributed by atoms with Crippen LogP contribution in [-0.2, 0) is 24.3 Å². The summed E-state index contributed by atoms with van der Waals surface area (Å²) in [6.07, 6.45) is 0.973. The van der Waals surface area contributed by atoms with Crippen LogP contribution in [0.5, 0.6) is 11.5 Å². The summed E-state index contributed by atoms with van der Waals surface area (Å²) >= 11 is 0. The number of carbonyl (C=O) groups excluding carboxylic acids is 3. The molecule has 0 radical (unpaired) electrons. The molecule has 1 heterocycles. The zero-order valence-electron chi connectivity index (χ0n) is 19.0. The minimum absolute atomic E-state index is 0.000147. The second-order valence-corrected chi connectivity index (χ2v) is 9.19. The third-order valence-corrected chi connectivity index (χ3v) is 6.15. The summed E-state index contributed by atoms with van der Waals surface area (Å²) in [6.45, 7) is 2.09. The molecule has 1 N–H and O–H groups in total. The van der Waals surface area contributed by atoms with Gasteiger partial charge < -0.3 is 24.3 Å². The van der Waals surface area contributed by atoms with Crippen LogP contribution in [-0.4, -0.2) is 66.0 Å². The molecule has 1 aliphatic rings. The predicted molar refractivity (Wildman–Crippen MR) is 122 cm³/mol. The van der Waals surface area contributed by atoms with Crippen molar-refractivity contribution in [2.75, 3.05) is 43.3 Å². The first kappa shape index (κ1) is 24.8. The summed E-state index contributed by atoms with van der Waals surface area (Å²) in [6, 6.07) is 7.21. The highest BCUT2D eigenvalue weighted by Crippen LogP contribution is 2.35. The number of ether oxygens (including phenoxy) is 4. The minimum atomic E-state index is -3.90. The third-order valence-electron chi connectivity index (χ3n) is 4.91. The van der Waals surface area contributed by atoms with Gasteiger partial charge in [-0.05, 0) is 37.3 Å². The summed E-state index contributed by atoms with van der Waals surface area (Å²) in [7, 11) is -1.56. The molecule has 0 saturated heterocycles. The average molecular weight is 493 g/mol. The number of carbonyl (C=O) groups is 3. The first-order chi connectivity index (χ1) is 16.0. The lowest BCUT2D eigenvalue weighted by molar-refractivity contribution is -0.116. The number of fused-ring (bicyclic) bond motifs is 1. The molecule has 0 saturated carbocycles. The summed E-state index contributed by atoms with van der Waals surface area (Å²) in [4.78, 5) is 37.0. The molecule has 0 fully saturated rings. The van der Waals surface area contributed by atoms with Crippen molar-refractivity contribution in [3.05, 3.63) is 47.5 Å². The number of benzene rings is 2. The Labute approximate surface area is 196 Å². The summed E-state index contributed by atoms with van der Waals surface area (Å²) in [5.41, 5.74) is 0.282. The number of hydrogen-bond acceptors (Lipinski definition) is 9. The van der Waals surface area contributed by atoms with Gasteiger partial charge in [0.05, 0.1) is 37.3 Å². The summed E-state index contributed by atoms with van der Waals surface area (Å²) in [5, 5.41) is 2.55. The standard InChI is InChI=1S/C22H24N2O9S/c1-13(24(34(4,28)29)17-5-6-18-19(12-17)33-8-7-32-18)20(25)23-16-10-14(21(26)30-2)9-15(11-16)22(27)31-3/h5-6,9-13H,7-8H2,1-4H3,(H,23,25)/t13-/m0/s1. The van der Waals surface area contributed by atoms with Crippen LogP contribution >= 0.6 is 0 Å². The molecule has 2 aromatic rings. The molecule has 12 heteroatoms. The Morgan fingerprint density at radius 1 is 0.941 bits per heavy atom. The normalized spacial score (nSPS) is 13.4. The van der Waals surface area contributed by atoms with Crippen LogP contribution in [0.3, 0.4) is 0 Å². The SMILES string of the molecule is COC(=O)c1cc(NC(=O)[C@H](C)N(c2ccc3c(c2)OCCO3)S(C)(=O)=O)cc(C(=O)OC)c1. The summed E-state index contributed by atoms with van der Waals surface area (Å²) < 4.78 is 46.5. The maximum absolute atomic E-state index is 13.1. The van der Waals surface area contributed by atoms with Crippen LogP contribution in [0.4, 0.5) is 11.4 Å². The lowest BCUT2D eigenvalue weighted by atomic mass is 10.1. The number of nitrogens with one attached hydrogen (secondary N) is 1. The number of nitrogens with zero attached hydrogens (tertiary/aromatic N) is 1. The lowest BCUT2D eigenvalue weighted by Crippen LogP contribution is -2.45. The number of rotatable bonds is 7. The molecule has 1 atom stereocenters. The number of esters is 2. The molecular weight excluding hydrogens is 468 g/mol. The first-order valence-corrected chi connectivity index (χ1v) is 11.9. The molecule has 3 rings (SSSR count). The highest BCUT2D eigenvalue weighted by molar-refractivity contribution is 7.92. The molecule has 0 aliphatic carbocycles. The van der Waals surface area contributed by atoms with E-state index in [0.717, 1.165) is 10.6 Å². The van der Waals surface area contributed by atoms with Gasteiger partial charge in [0.2, 0.25) is 15.9 Å². The molecule has 11 nitrogen and oxygen atoms in total. The molecule has 0 spiro atoms. The number of methoxy groups -OCH3 is 2. The Morgan fingerprint density at radius 3 is 2.03 bits per heavy atom. The van der Waals surface area contributed by atoms with E-state index in [0.29, 0.717) is 24.7 Å². The Kier molecular flexibility index (Phi) is 7.30. The molecule has 2 aromatic carbocycles. The van der Waals surface area contributed by atoms with E-state index in [2.05, 4.69) is 14.8 Å². The van der Waals surface area contributed by atoms with Crippen LogP contribution in [0.15, 0.2) is 36.4 Å². The fourth-order valence-corrected chi connectivity index (χ4v) is 4.56. The van der Waals surface area contributed by atoms with Gasteiger partial charge in [0.25, 0.3) is 0 Å². The van der Waals surface area contributed by atoms with Gasteiger partial charge in [-0.3, -0.25) is 9.10 Å². The van der Waals surface area contributed by atoms with E-state index in [-0.39, 0.29) is 22.5 Å². The van der Waals surface area contributed by atoms with E-state index < -0.39 is 33.9 Å². The summed E-state index contributed by atoms with van der Waals surface area (Å²) in [5.74, 6) is -1.35. The predicted octanol–water partition coefficient (Wildman–Crippen LogP) is 1.82. The van der Waals surface area contributed by atoms with E-state index in [1.54, 1.807) is 6.07 Å². The Bertz CT molecular complexity index is 1190. The van der Waals surface area contributed by atoms with Crippen LogP contribution in [0.1, 0.15) is 27.6 Å². The zero-order valence-corrected chi connectivity index (χ0v) is 19.8. The average Bonchev–Trinajstić information content (AvgIpc) is 2.81. The first-order valence-electron chi connectivity index (χ1n) is 10.1. The number of sulfonamides is 1. The second-order valence-electron chi connectivity index (χ2n) is 7.33. The van der Waals surface area contributed by atoms with Crippen molar-refractivity contribution >= 4 is 39.2 Å². The van der Waals surface area contributed by atoms with Gasteiger partial charge in [0, 0.05) is 11.8 Å². The van der Waals surface area contributed by atoms with Crippen LogP contribution in [0, 0.1) is 0 Å². The zero-order chi connectivity index (χ0) is 25.0. The van der Waals surface area contributed by atoms with Gasteiger partial charge in [-0.15, -0.1) is 0 Å². The van der Waals surface area contributed by atoms with Crippen molar-refractivity contribution in [1.29, 1.82) is 0 Å². The van der Waals surface area contributed by atoms with Crippen LogP contribution < -0.4 is 19.1 Å². The maximum atomic E-state index is 13.1. The molecule has 0 bridgehead atoms. The minimum Gasteiger partial charge on any atom is -0.486 e. The fourth-order valence-electron chi connectivity index (χ4n) is 3.40. The van der Waals surface area contributed by atoms with Gasteiger partial charge in [-0.2, -0.15) is 0 Å². The smallest absolute Gasteiger partial charge is 0.337 e. The molecule has 34 heavy (non-hydrogen) atoms. The van der Waals surface area contributed by atoms with Crippen molar-refractivity contribution in [1.82, 2.24) is 0 Å². The second kappa shape index (κ2) is 10.00. The topological polar surface area (TPSA) is 138 Å². The maximum Gasteiger partial charge on any atom is 0.337 e. The molecule has 1 amide bonds. The van der Waals surface area contributed by atoms with Crippen LogP contribution in [0.2, 0.25) is 0 Å². The largest absolute Gasteiger partial charge is 0.486 e. The Hall–Kier alpha value is -3.80. The van der Waals surface area contributed by atoms with Crippen molar-refractivity contribution < 1.29 is 41.7 Å². The van der Waals surface area contributed by atoms with E-state index in [9.17, 15) is 22.8 Å². The van der Waals surface area contributed by atoms with Gasteiger partial charge in [0.1, 0.15) is 19.3 Å². The van der Waals surface area contributed by atoms with Crippen molar-refractivity contribution in [3.63, 3.8) is 0 Å². The number of hydrogen-bond donors (Lipinski definition) is 1. The van der Waals surface area contributed by atoms with Gasteiger partial charge in [0.15, 0.2) is 11.5 Å². The quantitative estimate of drug-likeness (QED) is 0.574. The van der Waals surface area contributed by atoms with E-state index in [4.69, 9.17) is 9.47 Å². The van der Waals surface area contributed by atoms with Gasteiger partial charge >= 0.3 is 11.9 Å². The van der Waals surface area contributed by atoms with E-state index in [1.165, 1.54) is 51.5 Å². The van der Waals surface area contributed by atoms with Gasteiger partial charge in [-0.25, -0.2) is 18.0 Å². The van der Waals surface area contributed by atoms with Crippen molar-refractivity contribution in [3.8, 4) is 11.5 Å².